The number of benzene rings is 1. The van der Waals surface area contributed by atoms with Crippen LogP contribution in [0.3, 0.4) is 0 Å². The number of ether oxygens (including phenoxy) is 1. The van der Waals surface area contributed by atoms with Gasteiger partial charge < -0.3 is 14.5 Å². The second-order valence-electron chi connectivity index (χ2n) is 7.88. The Labute approximate surface area is 204 Å². The molecule has 0 fully saturated rings. The van der Waals surface area contributed by atoms with Crippen molar-refractivity contribution in [3.63, 3.8) is 0 Å². The van der Waals surface area contributed by atoms with Crippen LogP contribution in [0.25, 0.3) is 0 Å². The average Bonchev–Trinajstić information content (AvgIpc) is 3.47. The Bertz CT molecular complexity index is 986. The van der Waals surface area contributed by atoms with Gasteiger partial charge in [-0.2, -0.15) is 0 Å². The van der Waals surface area contributed by atoms with E-state index in [0.29, 0.717) is 45.7 Å². The third-order valence-electron chi connectivity index (χ3n) is 5.38. The summed E-state index contributed by atoms with van der Waals surface area (Å²) in [6.07, 6.45) is 1.03. The van der Waals surface area contributed by atoms with Gasteiger partial charge in [0.25, 0.3) is 0 Å². The highest BCUT2D eigenvalue weighted by molar-refractivity contribution is 7.10. The first-order valence-electron chi connectivity index (χ1n) is 11.3. The highest BCUT2D eigenvalue weighted by Gasteiger charge is 2.23. The van der Waals surface area contributed by atoms with Crippen LogP contribution in [-0.2, 0) is 33.8 Å². The maximum atomic E-state index is 13.5. The van der Waals surface area contributed by atoms with Crippen molar-refractivity contribution in [2.45, 2.75) is 39.8 Å². The van der Waals surface area contributed by atoms with Crippen LogP contribution in [0.1, 0.15) is 34.2 Å². The summed E-state index contributed by atoms with van der Waals surface area (Å²) >= 11 is 3.23. The molecule has 176 valence electrons. The van der Waals surface area contributed by atoms with E-state index in [4.69, 9.17) is 4.74 Å². The first kappa shape index (κ1) is 25.1. The zero-order valence-electron chi connectivity index (χ0n) is 19.4. The normalized spacial score (nSPS) is 10.8. The molecule has 0 aliphatic carbocycles. The van der Waals surface area contributed by atoms with Gasteiger partial charge in [-0.1, -0.05) is 36.4 Å². The number of aryl methyl sites for hydroxylation is 1. The summed E-state index contributed by atoms with van der Waals surface area (Å²) in [5.74, 6) is -0.0585. The maximum Gasteiger partial charge on any atom is 0.242 e. The molecule has 3 rings (SSSR count). The van der Waals surface area contributed by atoms with E-state index in [1.54, 1.807) is 27.6 Å². The number of rotatable bonds is 13. The summed E-state index contributed by atoms with van der Waals surface area (Å²) in [4.78, 5) is 32.3. The molecule has 0 bridgehead atoms. The zero-order valence-corrected chi connectivity index (χ0v) is 21.0. The van der Waals surface area contributed by atoms with E-state index in [1.165, 1.54) is 10.4 Å². The van der Waals surface area contributed by atoms with Gasteiger partial charge in [0.05, 0.1) is 19.5 Å². The van der Waals surface area contributed by atoms with Crippen molar-refractivity contribution in [3.8, 4) is 0 Å². The summed E-state index contributed by atoms with van der Waals surface area (Å²) in [6.45, 7) is 6.90. The number of hydrogen-bond acceptors (Lipinski definition) is 5. The van der Waals surface area contributed by atoms with Crippen molar-refractivity contribution in [3.05, 3.63) is 80.2 Å². The maximum absolute atomic E-state index is 13.5. The van der Waals surface area contributed by atoms with Crippen LogP contribution in [0.2, 0.25) is 0 Å². The van der Waals surface area contributed by atoms with Crippen molar-refractivity contribution in [1.82, 2.24) is 9.80 Å². The van der Waals surface area contributed by atoms with E-state index in [-0.39, 0.29) is 18.4 Å². The van der Waals surface area contributed by atoms with Gasteiger partial charge in [-0.25, -0.2) is 0 Å². The minimum absolute atomic E-state index is 0.0192. The van der Waals surface area contributed by atoms with Gasteiger partial charge in [0, 0.05) is 36.1 Å². The summed E-state index contributed by atoms with van der Waals surface area (Å²) in [7, 11) is 0. The third kappa shape index (κ3) is 8.11. The van der Waals surface area contributed by atoms with E-state index in [2.05, 4.69) is 18.4 Å². The van der Waals surface area contributed by atoms with Gasteiger partial charge in [0.15, 0.2) is 0 Å². The van der Waals surface area contributed by atoms with Crippen molar-refractivity contribution in [2.24, 2.45) is 0 Å². The Balaban J connectivity index is 1.73. The quantitative estimate of drug-likeness (QED) is 0.316. The molecule has 33 heavy (non-hydrogen) atoms. The van der Waals surface area contributed by atoms with E-state index in [1.807, 2.05) is 59.7 Å². The van der Waals surface area contributed by atoms with Crippen LogP contribution in [0.5, 0.6) is 0 Å². The fourth-order valence-corrected chi connectivity index (χ4v) is 5.12. The molecule has 5 nitrogen and oxygen atoms in total. The van der Waals surface area contributed by atoms with Gasteiger partial charge in [-0.15, -0.1) is 22.7 Å². The number of hydrogen-bond donors (Lipinski definition) is 0. The molecule has 2 heterocycles. The van der Waals surface area contributed by atoms with E-state index < -0.39 is 0 Å². The highest BCUT2D eigenvalue weighted by Crippen LogP contribution is 2.20. The topological polar surface area (TPSA) is 49.9 Å². The minimum atomic E-state index is -0.0393. The lowest BCUT2D eigenvalue weighted by Gasteiger charge is -2.28. The first-order chi connectivity index (χ1) is 16.1. The molecular formula is C26H32N2O3S2. The summed E-state index contributed by atoms with van der Waals surface area (Å²) < 4.78 is 5.45. The Hall–Kier alpha value is -2.48. The van der Waals surface area contributed by atoms with Crippen molar-refractivity contribution in [2.75, 3.05) is 26.3 Å². The molecule has 1 aromatic carbocycles. The number of carbonyl (C=O) groups excluding carboxylic acids is 2. The molecule has 2 aromatic heterocycles. The van der Waals surface area contributed by atoms with Crippen molar-refractivity contribution >= 4 is 34.5 Å². The van der Waals surface area contributed by atoms with Crippen LogP contribution in [0.15, 0.2) is 59.3 Å². The van der Waals surface area contributed by atoms with Gasteiger partial charge in [0.2, 0.25) is 11.8 Å². The van der Waals surface area contributed by atoms with Gasteiger partial charge in [0.1, 0.15) is 0 Å². The van der Waals surface area contributed by atoms with E-state index in [0.717, 1.165) is 10.4 Å². The van der Waals surface area contributed by atoms with Crippen molar-refractivity contribution in [1.29, 1.82) is 0 Å². The fraction of sp³-hybridized carbons (Fsp3) is 0.385. The number of nitrogens with zero attached hydrogens (tertiary/aromatic N) is 2. The zero-order chi connectivity index (χ0) is 23.5. The van der Waals surface area contributed by atoms with Gasteiger partial charge >= 0.3 is 0 Å². The van der Waals surface area contributed by atoms with Crippen LogP contribution in [0, 0.1) is 6.92 Å². The second kappa shape index (κ2) is 13.3. The van der Waals surface area contributed by atoms with Crippen molar-refractivity contribution < 1.29 is 14.3 Å². The fourth-order valence-electron chi connectivity index (χ4n) is 3.51. The molecule has 0 spiro atoms. The lowest BCUT2D eigenvalue weighted by Crippen LogP contribution is -2.43. The molecule has 0 radical (unpaired) electrons. The number of thiophene rings is 2. The largest absolute Gasteiger partial charge is 0.382 e. The average molecular weight is 485 g/mol. The molecular weight excluding hydrogens is 452 g/mol. The predicted octanol–water partition coefficient (Wildman–Crippen LogP) is 5.14. The lowest BCUT2D eigenvalue weighted by atomic mass is 10.2. The molecule has 7 heteroatoms. The highest BCUT2D eigenvalue weighted by atomic mass is 32.1. The predicted molar refractivity (Wildman–Crippen MR) is 135 cm³/mol. The molecule has 0 N–H and O–H groups in total. The standard InChI is InChI=1S/C26H32N2O3S2/c1-3-31-14-8-13-27(25(29)17-23-11-7-15-32-23)20-26(30)28(18-22-9-5-4-6-10-22)19-24-21(2)12-16-33-24/h4-7,9-12,15-16H,3,8,13-14,17-20H2,1-2H3. The molecule has 2 amide bonds. The van der Waals surface area contributed by atoms with Crippen LogP contribution >= 0.6 is 22.7 Å². The van der Waals surface area contributed by atoms with Gasteiger partial charge in [-0.3, -0.25) is 9.59 Å². The Morgan fingerprint density at radius 3 is 2.39 bits per heavy atom. The molecule has 0 saturated carbocycles. The Morgan fingerprint density at radius 1 is 0.909 bits per heavy atom. The van der Waals surface area contributed by atoms with Crippen LogP contribution in [0.4, 0.5) is 0 Å². The van der Waals surface area contributed by atoms with Gasteiger partial charge in [-0.05, 0) is 54.3 Å². The Kier molecular flexibility index (Phi) is 10.1. The number of amides is 2. The van der Waals surface area contributed by atoms with E-state index in [9.17, 15) is 9.59 Å². The summed E-state index contributed by atoms with van der Waals surface area (Å²) in [5.41, 5.74) is 2.26. The summed E-state index contributed by atoms with van der Waals surface area (Å²) in [6, 6.07) is 16.0. The van der Waals surface area contributed by atoms with Crippen LogP contribution in [-0.4, -0.2) is 47.9 Å². The first-order valence-corrected chi connectivity index (χ1v) is 13.0. The molecule has 0 unspecified atom stereocenters. The Morgan fingerprint density at radius 2 is 1.73 bits per heavy atom. The molecule has 0 aliphatic heterocycles. The SMILES string of the molecule is CCOCCCN(CC(=O)N(Cc1ccccc1)Cc1sccc1C)C(=O)Cc1cccs1. The molecule has 3 aromatic rings. The summed E-state index contributed by atoms with van der Waals surface area (Å²) in [5, 5.41) is 4.03. The molecule has 0 saturated heterocycles. The monoisotopic (exact) mass is 484 g/mol. The lowest BCUT2D eigenvalue weighted by molar-refractivity contribution is -0.141. The molecule has 0 atom stereocenters. The van der Waals surface area contributed by atoms with Crippen LogP contribution < -0.4 is 0 Å². The smallest absolute Gasteiger partial charge is 0.242 e. The minimum Gasteiger partial charge on any atom is -0.382 e. The number of carbonyl (C=O) groups is 2. The second-order valence-corrected chi connectivity index (χ2v) is 9.92. The third-order valence-corrected chi connectivity index (χ3v) is 7.26. The van der Waals surface area contributed by atoms with E-state index >= 15 is 0 Å². The molecule has 0 aliphatic rings.